The second-order valence-electron chi connectivity index (χ2n) is 6.12. The van der Waals surface area contributed by atoms with Crippen molar-refractivity contribution >= 4 is 33.9 Å². The lowest BCUT2D eigenvalue weighted by atomic mass is 9.96. The summed E-state index contributed by atoms with van der Waals surface area (Å²) in [6.45, 7) is 0. The molecule has 0 saturated carbocycles. The lowest BCUT2D eigenvalue weighted by molar-refractivity contribution is -0.132. The molecular weight excluding hydrogens is 397 g/mol. The van der Waals surface area contributed by atoms with Gasteiger partial charge in [0.25, 0.3) is 5.78 Å². The van der Waals surface area contributed by atoms with Gasteiger partial charge in [0.1, 0.15) is 5.76 Å². The normalized spacial score (nSPS) is 18.3. The zero-order chi connectivity index (χ0) is 20.5. The molecule has 1 amide bonds. The van der Waals surface area contributed by atoms with E-state index < -0.39 is 29.3 Å². The first-order valence-electron chi connectivity index (χ1n) is 8.47. The number of thiazole rings is 1. The molecule has 4 rings (SSSR count). The van der Waals surface area contributed by atoms with Crippen LogP contribution in [0.3, 0.4) is 0 Å². The highest BCUT2D eigenvalue weighted by atomic mass is 32.1. The van der Waals surface area contributed by atoms with Crippen molar-refractivity contribution in [2.45, 2.75) is 6.04 Å². The molecule has 0 unspecified atom stereocenters. The Balaban J connectivity index is 1.92. The maximum absolute atomic E-state index is 14.2. The van der Waals surface area contributed by atoms with Gasteiger partial charge in [-0.1, -0.05) is 6.07 Å². The highest BCUT2D eigenvalue weighted by Crippen LogP contribution is 2.42. The van der Waals surface area contributed by atoms with E-state index in [0.717, 1.165) is 6.07 Å². The second-order valence-corrected chi connectivity index (χ2v) is 6.99. The molecule has 1 aromatic carbocycles. The van der Waals surface area contributed by atoms with E-state index in [0.29, 0.717) is 10.7 Å². The van der Waals surface area contributed by atoms with Crippen LogP contribution in [0.4, 0.5) is 9.52 Å². The number of ketones is 1. The zero-order valence-electron chi connectivity index (χ0n) is 15.1. The van der Waals surface area contributed by atoms with E-state index >= 15 is 0 Å². The highest BCUT2D eigenvalue weighted by Gasteiger charge is 2.48. The van der Waals surface area contributed by atoms with Gasteiger partial charge in [-0.3, -0.25) is 19.5 Å². The summed E-state index contributed by atoms with van der Waals surface area (Å²) in [4.78, 5) is 35.0. The largest absolute Gasteiger partial charge is 0.507 e. The Morgan fingerprint density at radius 3 is 2.72 bits per heavy atom. The van der Waals surface area contributed by atoms with Gasteiger partial charge in [0.15, 0.2) is 16.7 Å². The third-order valence-corrected chi connectivity index (χ3v) is 5.27. The average Bonchev–Trinajstić information content (AvgIpc) is 3.35. The monoisotopic (exact) mass is 411 g/mol. The van der Waals surface area contributed by atoms with Gasteiger partial charge in [0.2, 0.25) is 0 Å². The topological polar surface area (TPSA) is 92.6 Å². The number of amides is 1. The van der Waals surface area contributed by atoms with E-state index in [1.54, 1.807) is 23.7 Å². The number of aliphatic hydroxyl groups excluding tert-OH is 1. The predicted octanol–water partition coefficient (Wildman–Crippen LogP) is 3.31. The Kier molecular flexibility index (Phi) is 4.81. The molecule has 0 aliphatic carbocycles. The van der Waals surface area contributed by atoms with E-state index in [1.807, 2.05) is 0 Å². The molecule has 2 aromatic heterocycles. The number of hydrogen-bond acceptors (Lipinski definition) is 7. The fourth-order valence-electron chi connectivity index (χ4n) is 3.19. The SMILES string of the molecule is COc1ccc(C(O)=C2C(=O)C(=O)N(c3nccs3)[C@@H]2c2cccnc2)cc1F. The van der Waals surface area contributed by atoms with Crippen molar-refractivity contribution in [2.75, 3.05) is 12.0 Å². The van der Waals surface area contributed by atoms with Gasteiger partial charge < -0.3 is 9.84 Å². The van der Waals surface area contributed by atoms with E-state index in [4.69, 9.17) is 4.74 Å². The second kappa shape index (κ2) is 7.44. The number of aromatic nitrogens is 2. The number of hydrogen-bond donors (Lipinski definition) is 1. The van der Waals surface area contributed by atoms with Crippen LogP contribution >= 0.6 is 11.3 Å². The van der Waals surface area contributed by atoms with Crippen LogP contribution in [0.25, 0.3) is 5.76 Å². The fraction of sp³-hybridized carbons (Fsp3) is 0.100. The number of carbonyl (C=O) groups is 2. The molecule has 0 spiro atoms. The summed E-state index contributed by atoms with van der Waals surface area (Å²) >= 11 is 1.18. The molecule has 9 heteroatoms. The van der Waals surface area contributed by atoms with Crippen molar-refractivity contribution in [3.8, 4) is 5.75 Å². The molecule has 1 fully saturated rings. The Morgan fingerprint density at radius 2 is 2.10 bits per heavy atom. The van der Waals surface area contributed by atoms with Crippen LogP contribution in [0.2, 0.25) is 0 Å². The number of ether oxygens (including phenoxy) is 1. The van der Waals surface area contributed by atoms with Crippen LogP contribution in [-0.4, -0.2) is 33.9 Å². The molecule has 1 N–H and O–H groups in total. The minimum Gasteiger partial charge on any atom is -0.507 e. The number of methoxy groups -OCH3 is 1. The lowest BCUT2D eigenvalue weighted by Gasteiger charge is -2.22. The van der Waals surface area contributed by atoms with E-state index in [9.17, 15) is 19.1 Å². The van der Waals surface area contributed by atoms with Gasteiger partial charge >= 0.3 is 5.91 Å². The van der Waals surface area contributed by atoms with E-state index in [1.165, 1.54) is 47.9 Å². The van der Waals surface area contributed by atoms with Gasteiger partial charge in [0, 0.05) is 29.5 Å². The smallest absolute Gasteiger partial charge is 0.301 e. The first kappa shape index (κ1) is 18.8. The Morgan fingerprint density at radius 1 is 1.28 bits per heavy atom. The van der Waals surface area contributed by atoms with Gasteiger partial charge in [-0.15, -0.1) is 11.3 Å². The van der Waals surface area contributed by atoms with Gasteiger partial charge in [-0.05, 0) is 29.8 Å². The molecule has 1 aliphatic rings. The summed E-state index contributed by atoms with van der Waals surface area (Å²) in [6, 6.07) is 6.19. The molecule has 29 heavy (non-hydrogen) atoms. The van der Waals surface area contributed by atoms with Crippen molar-refractivity contribution < 1.29 is 23.8 Å². The van der Waals surface area contributed by atoms with Crippen molar-refractivity contribution in [3.05, 3.63) is 76.8 Å². The number of rotatable bonds is 4. The molecule has 146 valence electrons. The van der Waals surface area contributed by atoms with Gasteiger partial charge in [-0.2, -0.15) is 0 Å². The number of nitrogens with zero attached hydrogens (tertiary/aromatic N) is 3. The summed E-state index contributed by atoms with van der Waals surface area (Å²) in [6.07, 6.45) is 4.56. The van der Waals surface area contributed by atoms with Crippen molar-refractivity contribution in [1.29, 1.82) is 0 Å². The van der Waals surface area contributed by atoms with Crippen LogP contribution in [0, 0.1) is 5.82 Å². The van der Waals surface area contributed by atoms with Crippen molar-refractivity contribution in [2.24, 2.45) is 0 Å². The maximum Gasteiger partial charge on any atom is 0.301 e. The third kappa shape index (κ3) is 3.15. The first-order chi connectivity index (χ1) is 14.0. The fourth-order valence-corrected chi connectivity index (χ4v) is 3.85. The third-order valence-electron chi connectivity index (χ3n) is 4.50. The summed E-state index contributed by atoms with van der Waals surface area (Å²) in [5, 5.41) is 12.9. The number of aliphatic hydroxyl groups is 1. The van der Waals surface area contributed by atoms with E-state index in [-0.39, 0.29) is 16.9 Å². The minimum atomic E-state index is -0.944. The summed E-state index contributed by atoms with van der Waals surface area (Å²) in [5.74, 6) is -2.91. The zero-order valence-corrected chi connectivity index (χ0v) is 15.9. The van der Waals surface area contributed by atoms with Crippen molar-refractivity contribution in [3.63, 3.8) is 0 Å². The molecule has 0 radical (unpaired) electrons. The number of benzene rings is 1. The number of Topliss-reactive ketones (excluding diaryl/α,β-unsaturated/α-hetero) is 1. The number of pyridine rings is 1. The molecule has 1 atom stereocenters. The van der Waals surface area contributed by atoms with E-state index in [2.05, 4.69) is 9.97 Å². The van der Waals surface area contributed by atoms with Crippen LogP contribution in [0.15, 0.2) is 59.9 Å². The van der Waals surface area contributed by atoms with Crippen LogP contribution in [0.5, 0.6) is 5.75 Å². The summed E-state index contributed by atoms with van der Waals surface area (Å²) < 4.78 is 19.0. The lowest BCUT2D eigenvalue weighted by Crippen LogP contribution is -2.29. The van der Waals surface area contributed by atoms with Crippen molar-refractivity contribution in [1.82, 2.24) is 9.97 Å². The number of carbonyl (C=O) groups excluding carboxylic acids is 2. The average molecular weight is 411 g/mol. The number of anilines is 1. The number of halogens is 1. The quantitative estimate of drug-likeness (QED) is 0.402. The van der Waals surface area contributed by atoms with Crippen LogP contribution in [-0.2, 0) is 9.59 Å². The molecule has 0 bridgehead atoms. The Labute approximate surface area is 168 Å². The van der Waals surface area contributed by atoms with Crippen LogP contribution < -0.4 is 9.64 Å². The first-order valence-corrected chi connectivity index (χ1v) is 9.35. The summed E-state index contributed by atoms with van der Waals surface area (Å²) in [7, 11) is 1.32. The minimum absolute atomic E-state index is 0.00593. The van der Waals surface area contributed by atoms with Gasteiger partial charge in [0.05, 0.1) is 18.7 Å². The predicted molar refractivity (Wildman–Crippen MR) is 104 cm³/mol. The highest BCUT2D eigenvalue weighted by molar-refractivity contribution is 7.14. The molecule has 1 aliphatic heterocycles. The summed E-state index contributed by atoms with van der Waals surface area (Å²) in [5.41, 5.74) is 0.398. The maximum atomic E-state index is 14.2. The molecule has 3 aromatic rings. The van der Waals surface area contributed by atoms with Crippen LogP contribution in [0.1, 0.15) is 17.2 Å². The van der Waals surface area contributed by atoms with Gasteiger partial charge in [-0.25, -0.2) is 9.37 Å². The Bertz CT molecular complexity index is 1120. The molecular formula is C20H14FN3O4S. The Hall–Kier alpha value is -3.59. The molecule has 1 saturated heterocycles. The molecule has 3 heterocycles. The standard InChI is InChI=1S/C20H14FN3O4S/c1-28-14-5-4-11(9-13(14)21)17(25)15-16(12-3-2-6-22-10-12)24(19(27)18(15)26)20-23-7-8-29-20/h2-10,16,25H,1H3/t16-/m1/s1. The molecule has 7 nitrogen and oxygen atoms in total.